The molecule has 0 saturated carbocycles. The predicted molar refractivity (Wildman–Crippen MR) is 56.3 cm³/mol. The monoisotopic (exact) mass is 322 g/mol. The van der Waals surface area contributed by atoms with Crippen LogP contribution in [0.2, 0.25) is 0 Å². The Balaban J connectivity index is 2.97. The van der Waals surface area contributed by atoms with Crippen molar-refractivity contribution in [3.63, 3.8) is 0 Å². The number of carboxylic acid groups (broad SMARTS) is 1. The molecular weight excluding hydrogens is 310 g/mol. The molecule has 1 fully saturated rings. The van der Waals surface area contributed by atoms with E-state index < -0.39 is 54.7 Å². The van der Waals surface area contributed by atoms with Gasteiger partial charge in [-0.25, -0.2) is 0 Å². The summed E-state index contributed by atoms with van der Waals surface area (Å²) in [6.45, 7) is -3.02. The molecule has 1 aliphatic heterocycles. The zero-order valence-corrected chi connectivity index (χ0v) is 10.7. The van der Waals surface area contributed by atoms with Gasteiger partial charge in [0, 0.05) is 0 Å². The van der Waals surface area contributed by atoms with Crippen LogP contribution in [0, 0.1) is 0 Å². The van der Waals surface area contributed by atoms with Crippen LogP contribution >= 0.6 is 0 Å². The number of aliphatic carboxylic acids is 1. The van der Waals surface area contributed by atoms with Crippen molar-refractivity contribution in [2.24, 2.45) is 5.73 Å². The second-order valence-electron chi connectivity index (χ2n) is 5.13. The van der Waals surface area contributed by atoms with E-state index in [0.29, 0.717) is 0 Å². The first-order valence-corrected chi connectivity index (χ1v) is 5.57. The highest BCUT2D eigenvalue weighted by atomic mass is 19.3. The molecule has 0 aromatic rings. The number of hydrogen-bond acceptors (Lipinski definition) is 3. The van der Waals surface area contributed by atoms with Crippen molar-refractivity contribution < 1.29 is 41.0 Å². The summed E-state index contributed by atoms with van der Waals surface area (Å²) in [5, 5.41) is 8.66. The topological polar surface area (TPSA) is 83.6 Å². The number of nitrogens with zero attached hydrogens (tertiary/aromatic N) is 1. The lowest BCUT2D eigenvalue weighted by Crippen LogP contribution is -2.68. The van der Waals surface area contributed by atoms with Gasteiger partial charge >= 0.3 is 23.7 Å². The Kier molecular flexibility index (Phi) is 3.97. The van der Waals surface area contributed by atoms with Gasteiger partial charge in [0.1, 0.15) is 5.54 Å². The minimum atomic E-state index is -5.60. The van der Waals surface area contributed by atoms with E-state index >= 15 is 0 Å². The van der Waals surface area contributed by atoms with Crippen molar-refractivity contribution in [3.8, 4) is 0 Å². The van der Waals surface area contributed by atoms with Crippen molar-refractivity contribution in [1.82, 2.24) is 4.90 Å². The van der Waals surface area contributed by atoms with Gasteiger partial charge in [0.2, 0.25) is 5.91 Å². The fourth-order valence-electron chi connectivity index (χ4n) is 1.68. The molecule has 5 nitrogen and oxygen atoms in total. The fraction of sp³-hybridized carbons (Fsp3) is 0.800. The van der Waals surface area contributed by atoms with Gasteiger partial charge in [-0.05, 0) is 6.92 Å². The lowest BCUT2D eigenvalue weighted by Gasteiger charge is -2.43. The average Bonchev–Trinajstić information content (AvgIpc) is 2.24. The van der Waals surface area contributed by atoms with E-state index in [9.17, 15) is 35.9 Å². The average molecular weight is 322 g/mol. The molecule has 1 rings (SSSR count). The molecular formula is C10H12F6N2O3. The molecule has 1 saturated heterocycles. The second-order valence-corrected chi connectivity index (χ2v) is 5.13. The van der Waals surface area contributed by atoms with Crippen LogP contribution in [0.3, 0.4) is 0 Å². The molecule has 0 bridgehead atoms. The zero-order chi connectivity index (χ0) is 16.9. The first kappa shape index (κ1) is 17.5. The van der Waals surface area contributed by atoms with E-state index in [2.05, 4.69) is 0 Å². The number of alkyl halides is 6. The van der Waals surface area contributed by atoms with Crippen molar-refractivity contribution in [3.05, 3.63) is 0 Å². The maximum atomic E-state index is 13.1. The largest absolute Gasteiger partial charge is 0.480 e. The number of halogens is 6. The number of likely N-dealkylation sites (tertiary alicyclic amines) is 1. The Morgan fingerprint density at radius 1 is 1.14 bits per heavy atom. The Morgan fingerprint density at radius 3 is 1.86 bits per heavy atom. The fourth-order valence-corrected chi connectivity index (χ4v) is 1.68. The lowest BCUT2D eigenvalue weighted by atomic mass is 9.95. The summed E-state index contributed by atoms with van der Waals surface area (Å²) in [5.74, 6) is -19.0. The molecule has 0 aromatic heterocycles. The third kappa shape index (κ3) is 2.92. The number of piperidine rings is 1. The van der Waals surface area contributed by atoms with E-state index in [1.165, 1.54) is 0 Å². The minimum absolute atomic E-state index is 0.203. The van der Waals surface area contributed by atoms with Crippen molar-refractivity contribution in [2.45, 2.75) is 36.7 Å². The molecule has 0 radical (unpaired) electrons. The second kappa shape index (κ2) is 4.75. The predicted octanol–water partition coefficient (Wildman–Crippen LogP) is 0.927. The SMILES string of the molecule is CC(N)(CC(=O)N1CC(F)(F)C(F)(F)C(F)(F)C1)C(=O)O. The molecule has 1 atom stereocenters. The highest BCUT2D eigenvalue weighted by Crippen LogP contribution is 2.49. The third-order valence-corrected chi connectivity index (χ3v) is 3.06. The summed E-state index contributed by atoms with van der Waals surface area (Å²) in [4.78, 5) is 22.1. The normalized spacial score (nSPS) is 26.0. The number of nitrogens with two attached hydrogens (primary N) is 1. The number of carboxylic acids is 1. The number of amides is 1. The molecule has 1 amide bonds. The molecule has 1 aliphatic rings. The molecule has 11 heteroatoms. The molecule has 0 aliphatic carbocycles. The van der Waals surface area contributed by atoms with E-state index in [4.69, 9.17) is 10.8 Å². The number of rotatable bonds is 3. The van der Waals surface area contributed by atoms with Gasteiger partial charge in [-0.15, -0.1) is 0 Å². The first-order valence-electron chi connectivity index (χ1n) is 5.57. The van der Waals surface area contributed by atoms with Gasteiger partial charge in [0.05, 0.1) is 19.5 Å². The van der Waals surface area contributed by atoms with Gasteiger partial charge in [0.15, 0.2) is 0 Å². The summed E-state index contributed by atoms with van der Waals surface area (Å²) in [5.41, 5.74) is 2.99. The lowest BCUT2D eigenvalue weighted by molar-refractivity contribution is -0.335. The van der Waals surface area contributed by atoms with Crippen LogP contribution in [0.25, 0.3) is 0 Å². The Morgan fingerprint density at radius 2 is 1.52 bits per heavy atom. The molecule has 0 aromatic carbocycles. The summed E-state index contributed by atoms with van der Waals surface area (Å²) < 4.78 is 78.2. The van der Waals surface area contributed by atoms with Crippen LogP contribution in [-0.4, -0.2) is 58.3 Å². The van der Waals surface area contributed by atoms with Crippen LogP contribution in [0.4, 0.5) is 26.3 Å². The molecule has 21 heavy (non-hydrogen) atoms. The Hall–Kier alpha value is -1.52. The molecule has 0 spiro atoms. The third-order valence-electron chi connectivity index (χ3n) is 3.06. The Labute approximate surface area is 114 Å². The van der Waals surface area contributed by atoms with Crippen LogP contribution in [-0.2, 0) is 9.59 Å². The first-order chi connectivity index (χ1) is 9.14. The molecule has 3 N–H and O–H groups in total. The standard InChI is InChI=1S/C10H12F6N2O3/c1-7(17,6(20)21)2-5(19)18-3-8(11,12)10(15,16)9(13,14)4-18/h2-4,17H2,1H3,(H,20,21). The number of hydrogen-bond donors (Lipinski definition) is 2. The van der Waals surface area contributed by atoms with Gasteiger partial charge in [-0.2, -0.15) is 26.3 Å². The number of carbonyl (C=O) groups is 2. The van der Waals surface area contributed by atoms with Crippen molar-refractivity contribution >= 4 is 11.9 Å². The van der Waals surface area contributed by atoms with Gasteiger partial charge in [-0.3, -0.25) is 9.59 Å². The van der Waals surface area contributed by atoms with Crippen LogP contribution in [0.1, 0.15) is 13.3 Å². The highest BCUT2D eigenvalue weighted by molar-refractivity contribution is 5.87. The quantitative estimate of drug-likeness (QED) is 0.757. The maximum absolute atomic E-state index is 13.1. The van der Waals surface area contributed by atoms with Gasteiger partial charge in [0.25, 0.3) is 0 Å². The van der Waals surface area contributed by atoms with Crippen molar-refractivity contribution in [1.29, 1.82) is 0 Å². The molecule has 1 heterocycles. The van der Waals surface area contributed by atoms with E-state index in [0.717, 1.165) is 6.92 Å². The Bertz CT molecular complexity index is 446. The van der Waals surface area contributed by atoms with Crippen molar-refractivity contribution in [2.75, 3.05) is 13.1 Å². The smallest absolute Gasteiger partial charge is 0.375 e. The van der Waals surface area contributed by atoms with Crippen LogP contribution in [0.5, 0.6) is 0 Å². The summed E-state index contributed by atoms with van der Waals surface area (Å²) in [6.07, 6.45) is -1.08. The van der Waals surface area contributed by atoms with Crippen LogP contribution in [0.15, 0.2) is 0 Å². The van der Waals surface area contributed by atoms with Gasteiger partial charge in [-0.1, -0.05) is 0 Å². The molecule has 122 valence electrons. The highest BCUT2D eigenvalue weighted by Gasteiger charge is 2.75. The van der Waals surface area contributed by atoms with Crippen LogP contribution < -0.4 is 5.73 Å². The van der Waals surface area contributed by atoms with Gasteiger partial charge < -0.3 is 15.7 Å². The van der Waals surface area contributed by atoms with E-state index in [1.54, 1.807) is 0 Å². The summed E-state index contributed by atoms with van der Waals surface area (Å²) in [6, 6.07) is 0. The maximum Gasteiger partial charge on any atom is 0.375 e. The minimum Gasteiger partial charge on any atom is -0.480 e. The van der Waals surface area contributed by atoms with E-state index in [-0.39, 0.29) is 4.90 Å². The molecule has 1 unspecified atom stereocenters. The summed E-state index contributed by atoms with van der Waals surface area (Å²) >= 11 is 0. The number of carbonyl (C=O) groups excluding carboxylic acids is 1. The zero-order valence-electron chi connectivity index (χ0n) is 10.7. The summed E-state index contributed by atoms with van der Waals surface area (Å²) in [7, 11) is 0. The van der Waals surface area contributed by atoms with E-state index in [1.807, 2.05) is 0 Å².